The molecule has 0 heterocycles. The van der Waals surface area contributed by atoms with E-state index in [0.29, 0.717) is 0 Å². The molecular formula is C11H9BrF6O2. The summed E-state index contributed by atoms with van der Waals surface area (Å²) in [6, 6.07) is 3.38. The summed E-state index contributed by atoms with van der Waals surface area (Å²) in [4.78, 5) is 0. The van der Waals surface area contributed by atoms with Crippen LogP contribution in [0.2, 0.25) is 0 Å². The summed E-state index contributed by atoms with van der Waals surface area (Å²) in [5.41, 5.74) is 0. The predicted molar refractivity (Wildman–Crippen MR) is 61.6 cm³/mol. The van der Waals surface area contributed by atoms with Gasteiger partial charge in [0.1, 0.15) is 11.5 Å². The van der Waals surface area contributed by atoms with E-state index in [1.807, 2.05) is 0 Å². The van der Waals surface area contributed by atoms with E-state index in [0.717, 1.165) is 6.07 Å². The maximum Gasteiger partial charge on any atom is 0.573 e. The van der Waals surface area contributed by atoms with Crippen LogP contribution >= 0.6 is 15.9 Å². The molecule has 0 aliphatic rings. The van der Waals surface area contributed by atoms with Crippen molar-refractivity contribution in [2.24, 2.45) is 0 Å². The van der Waals surface area contributed by atoms with Crippen LogP contribution in [0.4, 0.5) is 26.3 Å². The van der Waals surface area contributed by atoms with Crippen LogP contribution in [-0.4, -0.2) is 19.1 Å². The van der Waals surface area contributed by atoms with E-state index in [4.69, 9.17) is 4.74 Å². The van der Waals surface area contributed by atoms with E-state index in [1.54, 1.807) is 0 Å². The van der Waals surface area contributed by atoms with Crippen LogP contribution in [0.25, 0.3) is 0 Å². The minimum Gasteiger partial charge on any atom is -0.494 e. The molecule has 0 unspecified atom stereocenters. The maximum absolute atomic E-state index is 12.0. The molecule has 0 aromatic heterocycles. The molecule has 1 aromatic carbocycles. The molecule has 9 heteroatoms. The Morgan fingerprint density at radius 3 is 2.20 bits per heavy atom. The summed E-state index contributed by atoms with van der Waals surface area (Å²) in [5, 5.41) is 0. The average molecular weight is 367 g/mol. The Morgan fingerprint density at radius 1 is 1.05 bits per heavy atom. The average Bonchev–Trinajstić information content (AvgIpc) is 2.25. The molecule has 0 radical (unpaired) electrons. The van der Waals surface area contributed by atoms with Crippen LogP contribution in [0.3, 0.4) is 0 Å². The van der Waals surface area contributed by atoms with Crippen molar-refractivity contribution in [1.82, 2.24) is 0 Å². The van der Waals surface area contributed by atoms with Gasteiger partial charge in [0, 0.05) is 6.42 Å². The first-order valence-electron chi connectivity index (χ1n) is 5.32. The molecule has 0 spiro atoms. The normalized spacial score (nSPS) is 12.3. The third-order valence-corrected chi connectivity index (χ3v) is 2.62. The Balaban J connectivity index is 2.51. The first kappa shape index (κ1) is 16.9. The number of rotatable bonds is 5. The van der Waals surface area contributed by atoms with Crippen molar-refractivity contribution in [3.8, 4) is 11.5 Å². The topological polar surface area (TPSA) is 18.5 Å². The Kier molecular flexibility index (Phi) is 5.55. The van der Waals surface area contributed by atoms with Crippen molar-refractivity contribution in [2.45, 2.75) is 25.4 Å². The van der Waals surface area contributed by atoms with Gasteiger partial charge in [-0.25, -0.2) is 0 Å². The molecule has 0 saturated carbocycles. The third-order valence-electron chi connectivity index (χ3n) is 2.00. The SMILES string of the molecule is FC(F)(F)CCCOc1ccc(OC(F)(F)F)c(Br)c1. The second kappa shape index (κ2) is 6.55. The lowest BCUT2D eigenvalue weighted by atomic mass is 10.3. The van der Waals surface area contributed by atoms with Crippen molar-refractivity contribution in [3.63, 3.8) is 0 Å². The zero-order chi connectivity index (χ0) is 15.4. The third kappa shape index (κ3) is 6.88. The van der Waals surface area contributed by atoms with Gasteiger partial charge in [0.2, 0.25) is 0 Å². The van der Waals surface area contributed by atoms with Gasteiger partial charge in [0.15, 0.2) is 0 Å². The van der Waals surface area contributed by atoms with Gasteiger partial charge in [0.25, 0.3) is 0 Å². The summed E-state index contributed by atoms with van der Waals surface area (Å²) in [7, 11) is 0. The molecule has 0 aliphatic heterocycles. The van der Waals surface area contributed by atoms with Gasteiger partial charge in [0.05, 0.1) is 11.1 Å². The monoisotopic (exact) mass is 366 g/mol. The van der Waals surface area contributed by atoms with Gasteiger partial charge in [-0.05, 0) is 40.5 Å². The minimum atomic E-state index is -4.82. The predicted octanol–water partition coefficient (Wildman–Crippen LogP) is 5.07. The summed E-state index contributed by atoms with van der Waals surface area (Å²) >= 11 is 2.86. The molecule has 0 saturated heterocycles. The molecular weight excluding hydrogens is 358 g/mol. The standard InChI is InChI=1S/C11H9BrF6O2/c12-8-6-7(19-5-1-4-10(13,14)15)2-3-9(8)20-11(16,17)18/h2-3,6H,1,4-5H2. The van der Waals surface area contributed by atoms with Crippen molar-refractivity contribution in [3.05, 3.63) is 22.7 Å². The lowest BCUT2D eigenvalue weighted by Crippen LogP contribution is -2.17. The van der Waals surface area contributed by atoms with Crippen LogP contribution in [-0.2, 0) is 0 Å². The van der Waals surface area contributed by atoms with Gasteiger partial charge in [-0.15, -0.1) is 13.2 Å². The Hall–Kier alpha value is -1.12. The second-order valence-corrected chi connectivity index (χ2v) is 4.56. The van der Waals surface area contributed by atoms with Crippen LogP contribution < -0.4 is 9.47 Å². The summed E-state index contributed by atoms with van der Waals surface area (Å²) in [6.45, 7) is -0.189. The summed E-state index contributed by atoms with van der Waals surface area (Å²) < 4.78 is 80.3. The Labute approximate surface area is 118 Å². The zero-order valence-electron chi connectivity index (χ0n) is 9.82. The Morgan fingerprint density at radius 2 is 1.70 bits per heavy atom. The van der Waals surface area contributed by atoms with E-state index in [-0.39, 0.29) is 23.2 Å². The minimum absolute atomic E-state index is 0.0110. The highest BCUT2D eigenvalue weighted by Gasteiger charge is 2.32. The smallest absolute Gasteiger partial charge is 0.494 e. The maximum atomic E-state index is 12.0. The summed E-state index contributed by atoms with van der Waals surface area (Å²) in [6.07, 6.45) is -10.3. The molecule has 0 atom stereocenters. The van der Waals surface area contributed by atoms with E-state index >= 15 is 0 Å². The molecule has 1 rings (SSSR count). The largest absolute Gasteiger partial charge is 0.573 e. The molecule has 0 N–H and O–H groups in total. The highest BCUT2D eigenvalue weighted by Crippen LogP contribution is 2.33. The Bertz CT molecular complexity index is 444. The molecule has 0 amide bonds. The molecule has 2 nitrogen and oxygen atoms in total. The quantitative estimate of drug-likeness (QED) is 0.535. The highest BCUT2D eigenvalue weighted by molar-refractivity contribution is 9.10. The number of ether oxygens (including phenoxy) is 2. The molecule has 1 aromatic rings. The van der Waals surface area contributed by atoms with Crippen LogP contribution in [0.5, 0.6) is 11.5 Å². The molecule has 0 bridgehead atoms. The fourth-order valence-electron chi connectivity index (χ4n) is 1.24. The first-order chi connectivity index (χ1) is 9.07. The van der Waals surface area contributed by atoms with Crippen molar-refractivity contribution < 1.29 is 35.8 Å². The molecule has 114 valence electrons. The second-order valence-electron chi connectivity index (χ2n) is 3.71. The number of hydrogen-bond acceptors (Lipinski definition) is 2. The van der Waals surface area contributed by atoms with Gasteiger partial charge in [-0.3, -0.25) is 0 Å². The summed E-state index contributed by atoms with van der Waals surface area (Å²) in [5.74, 6) is -0.311. The van der Waals surface area contributed by atoms with Crippen molar-refractivity contribution in [2.75, 3.05) is 6.61 Å². The lowest BCUT2D eigenvalue weighted by Gasteiger charge is -2.12. The van der Waals surface area contributed by atoms with E-state index in [2.05, 4.69) is 20.7 Å². The first-order valence-corrected chi connectivity index (χ1v) is 6.11. The highest BCUT2D eigenvalue weighted by atomic mass is 79.9. The van der Waals surface area contributed by atoms with Gasteiger partial charge in [-0.2, -0.15) is 13.2 Å². The van der Waals surface area contributed by atoms with E-state index in [1.165, 1.54) is 12.1 Å². The number of alkyl halides is 6. The fourth-order valence-corrected chi connectivity index (χ4v) is 1.68. The molecule has 0 fully saturated rings. The fraction of sp³-hybridized carbons (Fsp3) is 0.455. The van der Waals surface area contributed by atoms with Crippen molar-refractivity contribution in [1.29, 1.82) is 0 Å². The zero-order valence-corrected chi connectivity index (χ0v) is 11.4. The molecule has 0 aliphatic carbocycles. The van der Waals surface area contributed by atoms with Crippen molar-refractivity contribution >= 4 is 15.9 Å². The van der Waals surface area contributed by atoms with E-state index < -0.39 is 24.7 Å². The number of halogens is 7. The van der Waals surface area contributed by atoms with E-state index in [9.17, 15) is 26.3 Å². The van der Waals surface area contributed by atoms with Crippen LogP contribution in [0, 0.1) is 0 Å². The number of benzene rings is 1. The van der Waals surface area contributed by atoms with Gasteiger partial charge >= 0.3 is 12.5 Å². The molecule has 20 heavy (non-hydrogen) atoms. The number of hydrogen-bond donors (Lipinski definition) is 0. The van der Waals surface area contributed by atoms with Crippen LogP contribution in [0.1, 0.15) is 12.8 Å². The van der Waals surface area contributed by atoms with Gasteiger partial charge in [-0.1, -0.05) is 0 Å². The van der Waals surface area contributed by atoms with Gasteiger partial charge < -0.3 is 9.47 Å². The van der Waals surface area contributed by atoms with Crippen LogP contribution in [0.15, 0.2) is 22.7 Å². The lowest BCUT2D eigenvalue weighted by molar-refractivity contribution is -0.274.